The molecule has 0 aliphatic carbocycles. The lowest BCUT2D eigenvalue weighted by atomic mass is 10.0. The molecule has 324 valence electrons. The van der Waals surface area contributed by atoms with Crippen LogP contribution in [0.2, 0.25) is 51.4 Å². The Morgan fingerprint density at radius 1 is 0.661 bits per heavy atom. The summed E-state index contributed by atoms with van der Waals surface area (Å²) in [4.78, 5) is 24.1. The molecular weight excluding hydrogens is 841 g/mol. The van der Waals surface area contributed by atoms with Crippen molar-refractivity contribution < 1.29 is 28.5 Å². The van der Waals surface area contributed by atoms with Crippen molar-refractivity contribution >= 4 is 50.1 Å². The highest BCUT2D eigenvalue weighted by atomic mass is 79.9. The third-order valence-corrected chi connectivity index (χ3v) is 13.1. The summed E-state index contributed by atoms with van der Waals surface area (Å²) in [6.07, 6.45) is 2.35. The summed E-state index contributed by atoms with van der Waals surface area (Å²) >= 11 is 3.68. The molecule has 0 N–H and O–H groups in total. The number of carbonyl (C=O) groups excluding carboxylic acids is 2. The van der Waals surface area contributed by atoms with Crippen molar-refractivity contribution in [3.63, 3.8) is 0 Å². The number of carbonyl (C=O) groups is 2. The van der Waals surface area contributed by atoms with Gasteiger partial charge in [-0.05, 0) is 112 Å². The summed E-state index contributed by atoms with van der Waals surface area (Å²) in [7, 11) is -2.21. The monoisotopic (exact) mass is 908 g/mol. The fourth-order valence-corrected chi connectivity index (χ4v) is 8.17. The first-order valence-corrected chi connectivity index (χ1v) is 28.7. The average molecular weight is 910 g/mol. The van der Waals surface area contributed by atoms with Crippen molar-refractivity contribution in [2.24, 2.45) is 0 Å². The molecule has 4 aromatic rings. The van der Waals surface area contributed by atoms with Gasteiger partial charge in [0.15, 0.2) is 0 Å². The number of aromatic nitrogens is 4. The summed E-state index contributed by atoms with van der Waals surface area (Å²) < 4.78 is 27.1. The van der Waals surface area contributed by atoms with Gasteiger partial charge in [0, 0.05) is 40.5 Å². The minimum Gasteiger partial charge on any atom is -0.460 e. The topological polar surface area (TPSA) is 107 Å². The summed E-state index contributed by atoms with van der Waals surface area (Å²) in [6.45, 7) is 35.6. The zero-order valence-electron chi connectivity index (χ0n) is 38.2. The van der Waals surface area contributed by atoms with Crippen LogP contribution in [0.5, 0.6) is 0 Å². The highest BCUT2D eigenvalue weighted by Gasteiger charge is 2.21. The molecule has 0 fully saturated rings. The maximum Gasteiger partial charge on any atom is 0.310 e. The maximum absolute atomic E-state index is 12.1. The van der Waals surface area contributed by atoms with Crippen LogP contribution in [0.4, 0.5) is 0 Å². The molecule has 2 heterocycles. The molecule has 0 saturated heterocycles. The van der Waals surface area contributed by atoms with E-state index < -0.39 is 27.3 Å². The smallest absolute Gasteiger partial charge is 0.310 e. The Kier molecular flexibility index (Phi) is 17.9. The van der Waals surface area contributed by atoms with Gasteiger partial charge in [-0.3, -0.25) is 9.59 Å². The van der Waals surface area contributed by atoms with Gasteiger partial charge in [-0.2, -0.15) is 10.2 Å². The molecule has 2 aromatic heterocycles. The molecule has 0 saturated carbocycles. The minimum atomic E-state index is -1.11. The van der Waals surface area contributed by atoms with Gasteiger partial charge in [-0.1, -0.05) is 94.4 Å². The summed E-state index contributed by atoms with van der Waals surface area (Å²) in [6, 6.07) is 18.2. The van der Waals surface area contributed by atoms with E-state index in [0.717, 1.165) is 80.4 Å². The van der Waals surface area contributed by atoms with Gasteiger partial charge in [0.05, 0.1) is 29.9 Å². The first kappa shape index (κ1) is 49.7. The molecule has 0 aliphatic heterocycles. The van der Waals surface area contributed by atoms with Crippen LogP contribution < -0.4 is 0 Å². The first-order chi connectivity index (χ1) is 27.2. The molecule has 0 bridgehead atoms. The van der Waals surface area contributed by atoms with Gasteiger partial charge in [-0.15, -0.1) is 0 Å². The van der Waals surface area contributed by atoms with E-state index in [1.165, 1.54) is 0 Å². The lowest BCUT2D eigenvalue weighted by Gasteiger charge is -2.19. The molecule has 13 heteroatoms. The SMILES string of the molecule is C=Cc1c(-c2ccc(CC(=O)OC(C)(C)C)cc2)c(C)nn1COCC[Si](C)(C)C.Cc1nn(COCC[Si](C)(C)C)c(Br)c1-c1ccc(CC(=O)OC(C)(C)C)cc1. The molecular formula is C46H69BrN4O6Si2. The normalized spacial score (nSPS) is 12.2. The number of hydrogen-bond donors (Lipinski definition) is 0. The number of ether oxygens (including phenoxy) is 4. The Hall–Kier alpha value is -3.63. The van der Waals surface area contributed by atoms with Crippen molar-refractivity contribution in [2.75, 3.05) is 13.2 Å². The standard InChI is InChI=1S/C24H36N2O3Si.C22H33BrN2O3Si/c1-9-21-23(18(2)25-26(21)17-28-14-15-30(6,7)8)20-12-10-19(11-13-20)16-22(27)29-24(3,4)5;1-16-20(21(23)25(24-16)15-27-12-13-29(5,6)7)18-10-8-17(9-11-18)14-19(26)28-22(2,3)4/h9-13H,1,14-17H2,2-8H3;8-11H,12-15H2,1-7H3. The fourth-order valence-electron chi connectivity index (χ4n) is 5.95. The number of aryl methyl sites for hydroxylation is 2. The van der Waals surface area contributed by atoms with Crippen molar-refractivity contribution in [2.45, 2.75) is 144 Å². The van der Waals surface area contributed by atoms with Gasteiger partial charge in [-0.25, -0.2) is 9.36 Å². The molecule has 10 nitrogen and oxygen atoms in total. The van der Waals surface area contributed by atoms with Gasteiger partial charge in [0.2, 0.25) is 0 Å². The number of halogens is 1. The van der Waals surface area contributed by atoms with E-state index in [1.807, 2.05) is 119 Å². The lowest BCUT2D eigenvalue weighted by molar-refractivity contribution is -0.155. The fraction of sp³-hybridized carbons (Fsp3) is 0.522. The second-order valence-corrected chi connectivity index (χ2v) is 31.4. The van der Waals surface area contributed by atoms with E-state index in [0.29, 0.717) is 13.5 Å². The Morgan fingerprint density at radius 2 is 1.03 bits per heavy atom. The largest absolute Gasteiger partial charge is 0.460 e. The third kappa shape index (κ3) is 17.5. The number of benzene rings is 2. The zero-order chi connectivity index (χ0) is 44.3. The summed E-state index contributed by atoms with van der Waals surface area (Å²) in [5.74, 6) is -0.438. The van der Waals surface area contributed by atoms with Crippen molar-refractivity contribution in [3.05, 3.63) is 87.9 Å². The Balaban J connectivity index is 0.000000316. The molecule has 0 amide bonds. The van der Waals surface area contributed by atoms with Crippen molar-refractivity contribution in [1.82, 2.24) is 19.6 Å². The predicted octanol–water partition coefficient (Wildman–Crippen LogP) is 11.5. The van der Waals surface area contributed by atoms with Crippen LogP contribution in [0.15, 0.2) is 59.7 Å². The first-order valence-electron chi connectivity index (χ1n) is 20.5. The van der Waals surface area contributed by atoms with Gasteiger partial charge in [0.25, 0.3) is 0 Å². The molecule has 59 heavy (non-hydrogen) atoms. The van der Waals surface area contributed by atoms with Crippen LogP contribution in [-0.2, 0) is 54.8 Å². The molecule has 0 radical (unpaired) electrons. The van der Waals surface area contributed by atoms with Gasteiger partial charge < -0.3 is 18.9 Å². The highest BCUT2D eigenvalue weighted by Crippen LogP contribution is 2.32. The predicted molar refractivity (Wildman–Crippen MR) is 250 cm³/mol. The van der Waals surface area contributed by atoms with Gasteiger partial charge in [0.1, 0.15) is 29.3 Å². The molecule has 0 unspecified atom stereocenters. The van der Waals surface area contributed by atoms with E-state index in [9.17, 15) is 9.59 Å². The number of esters is 2. The molecule has 2 aromatic carbocycles. The van der Waals surface area contributed by atoms with E-state index in [1.54, 1.807) is 0 Å². The van der Waals surface area contributed by atoms with Crippen LogP contribution in [0, 0.1) is 13.8 Å². The molecule has 0 aliphatic rings. The summed E-state index contributed by atoms with van der Waals surface area (Å²) in [5, 5.41) is 9.27. The Labute approximate surface area is 364 Å². The number of nitrogens with zero attached hydrogens (tertiary/aromatic N) is 4. The summed E-state index contributed by atoms with van der Waals surface area (Å²) in [5.41, 5.74) is 7.91. The molecule has 0 atom stereocenters. The van der Waals surface area contributed by atoms with Crippen molar-refractivity contribution in [1.29, 1.82) is 0 Å². The van der Waals surface area contributed by atoms with Crippen LogP contribution in [-0.4, -0.2) is 72.1 Å². The maximum atomic E-state index is 12.1. The van der Waals surface area contributed by atoms with E-state index in [-0.39, 0.29) is 24.8 Å². The van der Waals surface area contributed by atoms with Crippen LogP contribution in [0.3, 0.4) is 0 Å². The van der Waals surface area contributed by atoms with Crippen LogP contribution in [0.1, 0.15) is 69.8 Å². The van der Waals surface area contributed by atoms with Crippen LogP contribution >= 0.6 is 15.9 Å². The zero-order valence-corrected chi connectivity index (χ0v) is 41.8. The Bertz CT molecular complexity index is 2000. The van der Waals surface area contributed by atoms with E-state index >= 15 is 0 Å². The molecule has 0 spiro atoms. The molecule has 4 rings (SSSR count). The minimum absolute atomic E-state index is 0.217. The quantitative estimate of drug-likeness (QED) is 0.0586. The second-order valence-electron chi connectivity index (χ2n) is 19.4. The third-order valence-electron chi connectivity index (χ3n) is 8.87. The van der Waals surface area contributed by atoms with Crippen molar-refractivity contribution in [3.8, 4) is 22.3 Å². The average Bonchev–Trinajstić information content (AvgIpc) is 3.56. The second kappa shape index (κ2) is 21.3. The number of hydrogen-bond acceptors (Lipinski definition) is 8. The van der Waals surface area contributed by atoms with Crippen LogP contribution in [0.25, 0.3) is 28.3 Å². The highest BCUT2D eigenvalue weighted by molar-refractivity contribution is 9.10. The van der Waals surface area contributed by atoms with E-state index in [2.05, 4.69) is 72.0 Å². The van der Waals surface area contributed by atoms with E-state index in [4.69, 9.17) is 18.9 Å². The number of rotatable bonds is 17. The van der Waals surface area contributed by atoms with Gasteiger partial charge >= 0.3 is 11.9 Å². The lowest BCUT2D eigenvalue weighted by Crippen LogP contribution is -2.24. The Morgan fingerprint density at radius 3 is 1.42 bits per heavy atom.